The van der Waals surface area contributed by atoms with Crippen LogP contribution in [0.15, 0.2) is 54.6 Å². The van der Waals surface area contributed by atoms with Gasteiger partial charge >= 0.3 is 0 Å². The van der Waals surface area contributed by atoms with Gasteiger partial charge in [0.05, 0.1) is 19.1 Å². The minimum atomic E-state index is -1.03. The van der Waals surface area contributed by atoms with Gasteiger partial charge in [0.15, 0.2) is 0 Å². The molecule has 28 heavy (non-hydrogen) atoms. The summed E-state index contributed by atoms with van der Waals surface area (Å²) in [6, 6.07) is 15.6. The Morgan fingerprint density at radius 3 is 2.46 bits per heavy atom. The number of benzene rings is 2. The van der Waals surface area contributed by atoms with Crippen LogP contribution in [0.2, 0.25) is 0 Å². The number of anilines is 1. The van der Waals surface area contributed by atoms with Gasteiger partial charge in [-0.2, -0.15) is 0 Å². The van der Waals surface area contributed by atoms with Crippen LogP contribution in [-0.2, 0) is 15.0 Å². The van der Waals surface area contributed by atoms with Crippen LogP contribution in [0.1, 0.15) is 31.2 Å². The number of nitrogens with one attached hydrogen (secondary N) is 2. The molecule has 6 heteroatoms. The van der Waals surface area contributed by atoms with Crippen LogP contribution >= 0.6 is 0 Å². The lowest BCUT2D eigenvalue weighted by atomic mass is 9.78. The zero-order valence-electron chi connectivity index (χ0n) is 16.0. The van der Waals surface area contributed by atoms with Gasteiger partial charge in [-0.1, -0.05) is 49.2 Å². The van der Waals surface area contributed by atoms with Crippen LogP contribution in [0.5, 0.6) is 5.75 Å². The maximum atomic E-state index is 13.2. The Morgan fingerprint density at radius 1 is 1.11 bits per heavy atom. The predicted octanol–water partition coefficient (Wildman–Crippen LogP) is 2.62. The van der Waals surface area contributed by atoms with Crippen LogP contribution in [-0.4, -0.2) is 36.7 Å². The third kappa shape index (κ3) is 4.17. The maximum absolute atomic E-state index is 13.2. The largest absolute Gasteiger partial charge is 0.497 e. The number of amides is 2. The highest BCUT2D eigenvalue weighted by atomic mass is 16.5. The summed E-state index contributed by atoms with van der Waals surface area (Å²) in [6.45, 7) is -0.480. The number of rotatable bonds is 7. The zero-order chi connectivity index (χ0) is 20.0. The maximum Gasteiger partial charge on any atom is 0.249 e. The van der Waals surface area contributed by atoms with Crippen molar-refractivity contribution in [3.8, 4) is 5.75 Å². The average molecular weight is 382 g/mol. The number of methoxy groups -OCH3 is 1. The van der Waals surface area contributed by atoms with Crippen molar-refractivity contribution in [2.45, 2.75) is 37.1 Å². The van der Waals surface area contributed by atoms with Gasteiger partial charge in [0, 0.05) is 11.8 Å². The summed E-state index contributed by atoms with van der Waals surface area (Å²) in [7, 11) is 1.54. The lowest BCUT2D eigenvalue weighted by Crippen LogP contribution is -2.52. The van der Waals surface area contributed by atoms with E-state index < -0.39 is 24.0 Å². The molecule has 1 saturated carbocycles. The monoisotopic (exact) mass is 382 g/mol. The molecule has 3 N–H and O–H groups in total. The number of aliphatic hydroxyl groups is 1. The molecule has 0 bridgehead atoms. The van der Waals surface area contributed by atoms with Gasteiger partial charge in [0.1, 0.15) is 11.8 Å². The molecule has 0 heterocycles. The van der Waals surface area contributed by atoms with E-state index in [9.17, 15) is 14.7 Å². The third-order valence-electron chi connectivity index (χ3n) is 5.36. The highest BCUT2D eigenvalue weighted by molar-refractivity contribution is 5.99. The molecule has 1 fully saturated rings. The number of hydrogen-bond donors (Lipinski definition) is 3. The molecule has 148 valence electrons. The van der Waals surface area contributed by atoms with E-state index in [4.69, 9.17) is 4.74 Å². The molecule has 3 rings (SSSR count). The second kappa shape index (κ2) is 8.89. The van der Waals surface area contributed by atoms with Crippen molar-refractivity contribution < 1.29 is 19.4 Å². The van der Waals surface area contributed by atoms with E-state index in [-0.39, 0.29) is 5.91 Å². The van der Waals surface area contributed by atoms with E-state index in [0.717, 1.165) is 31.2 Å². The summed E-state index contributed by atoms with van der Waals surface area (Å²) in [5.41, 5.74) is 0.843. The first-order chi connectivity index (χ1) is 13.6. The molecule has 6 nitrogen and oxygen atoms in total. The van der Waals surface area contributed by atoms with Crippen molar-refractivity contribution in [1.29, 1.82) is 0 Å². The molecule has 0 aromatic heterocycles. The molecule has 1 aliphatic carbocycles. The Balaban J connectivity index is 1.73. The van der Waals surface area contributed by atoms with Gasteiger partial charge in [0.2, 0.25) is 11.8 Å². The van der Waals surface area contributed by atoms with Crippen molar-refractivity contribution in [3.63, 3.8) is 0 Å². The zero-order valence-corrected chi connectivity index (χ0v) is 16.0. The number of ether oxygens (including phenoxy) is 1. The standard InChI is InChI=1S/C22H26N2O4/c1-28-18-11-7-10-17(14-18)23-20(26)19(15-25)24-21(27)22(12-5-6-13-22)16-8-3-2-4-9-16/h2-4,7-11,14,19,25H,5-6,12-13,15H2,1H3,(H,23,26)(H,24,27). The third-order valence-corrected chi connectivity index (χ3v) is 5.36. The van der Waals surface area contributed by atoms with E-state index >= 15 is 0 Å². The van der Waals surface area contributed by atoms with E-state index in [1.54, 1.807) is 31.4 Å². The fourth-order valence-corrected chi connectivity index (χ4v) is 3.80. The van der Waals surface area contributed by atoms with E-state index in [2.05, 4.69) is 10.6 Å². The Kier molecular flexibility index (Phi) is 6.31. The molecule has 1 atom stereocenters. The SMILES string of the molecule is COc1cccc(NC(=O)C(CO)NC(=O)C2(c3ccccc3)CCCC2)c1. The summed E-state index contributed by atoms with van der Waals surface area (Å²) >= 11 is 0. The normalized spacial score (nSPS) is 16.2. The van der Waals surface area contributed by atoms with E-state index in [0.29, 0.717) is 11.4 Å². The summed E-state index contributed by atoms with van der Waals surface area (Å²) in [4.78, 5) is 25.8. The van der Waals surface area contributed by atoms with Crippen molar-refractivity contribution in [3.05, 3.63) is 60.2 Å². The van der Waals surface area contributed by atoms with Crippen LogP contribution in [0, 0.1) is 0 Å². The lowest BCUT2D eigenvalue weighted by molar-refractivity contribution is -0.131. The Labute approximate surface area is 164 Å². The van der Waals surface area contributed by atoms with Gasteiger partial charge in [-0.15, -0.1) is 0 Å². The molecule has 2 aromatic rings. The first-order valence-electron chi connectivity index (χ1n) is 9.51. The van der Waals surface area contributed by atoms with E-state index in [1.807, 2.05) is 30.3 Å². The Bertz CT molecular complexity index is 816. The molecule has 1 unspecified atom stereocenters. The first kappa shape index (κ1) is 19.9. The minimum absolute atomic E-state index is 0.212. The van der Waals surface area contributed by atoms with Crippen LogP contribution in [0.25, 0.3) is 0 Å². The van der Waals surface area contributed by atoms with Crippen LogP contribution in [0.4, 0.5) is 5.69 Å². The van der Waals surface area contributed by atoms with Crippen molar-refractivity contribution in [2.24, 2.45) is 0 Å². The molecule has 0 saturated heterocycles. The first-order valence-corrected chi connectivity index (χ1v) is 9.51. The smallest absolute Gasteiger partial charge is 0.249 e. The second-order valence-electron chi connectivity index (χ2n) is 7.09. The number of carbonyl (C=O) groups excluding carboxylic acids is 2. The summed E-state index contributed by atoms with van der Waals surface area (Å²) in [5, 5.41) is 15.2. The molecular weight excluding hydrogens is 356 g/mol. The highest BCUT2D eigenvalue weighted by Gasteiger charge is 2.43. The minimum Gasteiger partial charge on any atom is -0.497 e. The Hall–Kier alpha value is -2.86. The fourth-order valence-electron chi connectivity index (χ4n) is 3.80. The lowest BCUT2D eigenvalue weighted by Gasteiger charge is -2.30. The van der Waals surface area contributed by atoms with E-state index in [1.165, 1.54) is 0 Å². The summed E-state index contributed by atoms with van der Waals surface area (Å²) in [5.74, 6) is -0.0716. The number of aliphatic hydroxyl groups excluding tert-OH is 1. The molecule has 0 aliphatic heterocycles. The van der Waals surface area contributed by atoms with Crippen molar-refractivity contribution >= 4 is 17.5 Å². The molecular formula is C22H26N2O4. The van der Waals surface area contributed by atoms with Gasteiger partial charge < -0.3 is 20.5 Å². The number of carbonyl (C=O) groups is 2. The van der Waals surface area contributed by atoms with Gasteiger partial charge in [0.25, 0.3) is 0 Å². The molecule has 0 spiro atoms. The fraction of sp³-hybridized carbons (Fsp3) is 0.364. The van der Waals surface area contributed by atoms with Gasteiger partial charge in [-0.05, 0) is 30.5 Å². The number of hydrogen-bond acceptors (Lipinski definition) is 4. The Morgan fingerprint density at radius 2 is 1.82 bits per heavy atom. The summed E-state index contributed by atoms with van der Waals surface area (Å²) < 4.78 is 5.15. The molecule has 1 aliphatic rings. The average Bonchev–Trinajstić information content (AvgIpc) is 3.24. The van der Waals surface area contributed by atoms with Crippen LogP contribution < -0.4 is 15.4 Å². The quantitative estimate of drug-likeness (QED) is 0.687. The predicted molar refractivity (Wildman–Crippen MR) is 107 cm³/mol. The van der Waals surface area contributed by atoms with Gasteiger partial charge in [-0.25, -0.2) is 0 Å². The topological polar surface area (TPSA) is 87.7 Å². The highest BCUT2D eigenvalue weighted by Crippen LogP contribution is 2.41. The van der Waals surface area contributed by atoms with Crippen molar-refractivity contribution in [2.75, 3.05) is 19.0 Å². The van der Waals surface area contributed by atoms with Crippen molar-refractivity contribution in [1.82, 2.24) is 5.32 Å². The molecule has 2 amide bonds. The summed E-state index contributed by atoms with van der Waals surface area (Å²) in [6.07, 6.45) is 3.39. The molecule has 0 radical (unpaired) electrons. The molecule has 2 aromatic carbocycles. The van der Waals surface area contributed by atoms with Gasteiger partial charge in [-0.3, -0.25) is 9.59 Å². The van der Waals surface area contributed by atoms with Crippen LogP contribution in [0.3, 0.4) is 0 Å². The second-order valence-corrected chi connectivity index (χ2v) is 7.09.